The molecule has 0 spiro atoms. The van der Waals surface area contributed by atoms with Crippen molar-refractivity contribution < 1.29 is 13.2 Å². The van der Waals surface area contributed by atoms with Gasteiger partial charge in [-0.3, -0.25) is 0 Å². The van der Waals surface area contributed by atoms with Gasteiger partial charge in [-0.2, -0.15) is 5.26 Å². The first kappa shape index (κ1) is 16.2. The van der Waals surface area contributed by atoms with Gasteiger partial charge in [0.05, 0.1) is 22.8 Å². The van der Waals surface area contributed by atoms with Gasteiger partial charge >= 0.3 is 0 Å². The minimum Gasteiger partial charge on any atom is -0.378 e. The highest BCUT2D eigenvalue weighted by atomic mass is 35.5. The van der Waals surface area contributed by atoms with Crippen molar-refractivity contribution in [2.45, 2.75) is 30.8 Å². The molecule has 7 heteroatoms. The van der Waals surface area contributed by atoms with Crippen molar-refractivity contribution >= 4 is 21.6 Å². The highest BCUT2D eigenvalue weighted by Crippen LogP contribution is 2.25. The van der Waals surface area contributed by atoms with Crippen LogP contribution in [0.15, 0.2) is 23.1 Å². The first-order valence-corrected chi connectivity index (χ1v) is 8.65. The molecule has 0 aromatic heterocycles. The van der Waals surface area contributed by atoms with E-state index in [0.29, 0.717) is 13.2 Å². The molecule has 1 saturated heterocycles. The summed E-state index contributed by atoms with van der Waals surface area (Å²) >= 11 is 5.94. The number of hydrogen-bond acceptors (Lipinski definition) is 4. The van der Waals surface area contributed by atoms with Gasteiger partial charge in [0.15, 0.2) is 0 Å². The summed E-state index contributed by atoms with van der Waals surface area (Å²) in [7, 11) is -3.73. The van der Waals surface area contributed by atoms with Crippen LogP contribution in [0.5, 0.6) is 0 Å². The maximum atomic E-state index is 12.3. The summed E-state index contributed by atoms with van der Waals surface area (Å²) in [4.78, 5) is -0.0600. The van der Waals surface area contributed by atoms with Crippen LogP contribution in [0.2, 0.25) is 5.02 Å². The van der Waals surface area contributed by atoms with Crippen molar-refractivity contribution in [2.75, 3.05) is 13.2 Å². The Balaban J connectivity index is 2.14. The molecule has 1 N–H and O–H groups in total. The molecule has 1 heterocycles. The van der Waals surface area contributed by atoms with Crippen molar-refractivity contribution in [1.29, 1.82) is 5.26 Å². The number of halogens is 1. The summed E-state index contributed by atoms with van der Waals surface area (Å²) in [5, 5.41) is 8.97. The minimum atomic E-state index is -3.73. The predicted molar refractivity (Wildman–Crippen MR) is 79.5 cm³/mol. The van der Waals surface area contributed by atoms with Crippen LogP contribution in [0.4, 0.5) is 0 Å². The van der Waals surface area contributed by atoms with E-state index < -0.39 is 10.0 Å². The molecule has 1 aromatic carbocycles. The topological polar surface area (TPSA) is 79.2 Å². The molecule has 5 nitrogen and oxygen atoms in total. The normalized spacial score (nSPS) is 22.1. The van der Waals surface area contributed by atoms with Crippen LogP contribution in [0.25, 0.3) is 0 Å². The van der Waals surface area contributed by atoms with Crippen molar-refractivity contribution in [1.82, 2.24) is 4.72 Å². The average Bonchev–Trinajstić information content (AvgIpc) is 2.93. The Labute approximate surface area is 129 Å². The van der Waals surface area contributed by atoms with E-state index in [0.717, 1.165) is 12.8 Å². The molecule has 2 rings (SSSR count). The molecule has 21 heavy (non-hydrogen) atoms. The lowest BCUT2D eigenvalue weighted by Crippen LogP contribution is -2.33. The molecule has 0 saturated carbocycles. The summed E-state index contributed by atoms with van der Waals surface area (Å²) in [5.74, 6) is 0.169. The number of nitrogens with one attached hydrogen (secondary N) is 1. The number of benzene rings is 1. The van der Waals surface area contributed by atoms with E-state index in [9.17, 15) is 8.42 Å². The second-order valence-corrected chi connectivity index (χ2v) is 7.12. The average molecular weight is 329 g/mol. The molecule has 2 unspecified atom stereocenters. The Hall–Kier alpha value is -1.13. The molecule has 0 aliphatic carbocycles. The number of ether oxygens (including phenoxy) is 1. The quantitative estimate of drug-likeness (QED) is 0.899. The van der Waals surface area contributed by atoms with E-state index in [1.54, 1.807) is 0 Å². The number of rotatable bonds is 5. The van der Waals surface area contributed by atoms with E-state index in [4.69, 9.17) is 21.6 Å². The Morgan fingerprint density at radius 1 is 1.52 bits per heavy atom. The summed E-state index contributed by atoms with van der Waals surface area (Å²) < 4.78 is 32.8. The third-order valence-corrected chi connectivity index (χ3v) is 5.54. The summed E-state index contributed by atoms with van der Waals surface area (Å²) in [6.45, 7) is 2.99. The van der Waals surface area contributed by atoms with Crippen LogP contribution in [-0.4, -0.2) is 27.7 Å². The van der Waals surface area contributed by atoms with Gasteiger partial charge in [0.25, 0.3) is 0 Å². The predicted octanol–water partition coefficient (Wildman–Crippen LogP) is 2.31. The smallest absolute Gasteiger partial charge is 0.242 e. The molecule has 0 amide bonds. The lowest BCUT2D eigenvalue weighted by molar-refractivity contribution is 0.0884. The number of nitrogens with zero attached hydrogens (tertiary/aromatic N) is 1. The summed E-state index contributed by atoms with van der Waals surface area (Å²) in [6.07, 6.45) is 1.79. The van der Waals surface area contributed by atoms with Crippen molar-refractivity contribution in [3.63, 3.8) is 0 Å². The summed E-state index contributed by atoms with van der Waals surface area (Å²) in [6, 6.07) is 6.10. The van der Waals surface area contributed by atoms with Crippen LogP contribution in [0.3, 0.4) is 0 Å². The molecule has 2 atom stereocenters. The zero-order valence-corrected chi connectivity index (χ0v) is 13.2. The van der Waals surface area contributed by atoms with Gasteiger partial charge in [-0.1, -0.05) is 18.5 Å². The van der Waals surface area contributed by atoms with E-state index in [1.807, 2.05) is 13.0 Å². The number of nitriles is 1. The van der Waals surface area contributed by atoms with E-state index in [-0.39, 0.29) is 27.5 Å². The van der Waals surface area contributed by atoms with Gasteiger partial charge in [-0.15, -0.1) is 0 Å². The lowest BCUT2D eigenvalue weighted by Gasteiger charge is -2.17. The van der Waals surface area contributed by atoms with Crippen LogP contribution in [0.1, 0.15) is 25.3 Å². The lowest BCUT2D eigenvalue weighted by atomic mass is 10.0. The maximum Gasteiger partial charge on any atom is 0.242 e. The fraction of sp³-hybridized carbons (Fsp3) is 0.500. The van der Waals surface area contributed by atoms with Gasteiger partial charge in [0.2, 0.25) is 10.0 Å². The molecule has 1 fully saturated rings. The summed E-state index contributed by atoms with van der Waals surface area (Å²) in [5.41, 5.74) is 0.260. The number of hydrogen-bond donors (Lipinski definition) is 1. The molecular formula is C14H17ClN2O3S. The molecular weight excluding hydrogens is 312 g/mol. The zero-order valence-electron chi connectivity index (χ0n) is 11.7. The minimum absolute atomic E-state index is 0.0600. The van der Waals surface area contributed by atoms with Gasteiger partial charge in [0, 0.05) is 19.1 Å². The Bertz CT molecular complexity index is 655. The second-order valence-electron chi connectivity index (χ2n) is 4.98. The maximum absolute atomic E-state index is 12.3. The Kier molecular flexibility index (Phi) is 5.22. The monoisotopic (exact) mass is 328 g/mol. The van der Waals surface area contributed by atoms with Gasteiger partial charge in [-0.25, -0.2) is 13.1 Å². The molecule has 1 aliphatic rings. The first-order valence-electron chi connectivity index (χ1n) is 6.79. The fourth-order valence-electron chi connectivity index (χ4n) is 2.45. The van der Waals surface area contributed by atoms with Gasteiger partial charge in [0.1, 0.15) is 4.90 Å². The molecule has 0 radical (unpaired) electrons. The fourth-order valence-corrected chi connectivity index (χ4v) is 4.07. The van der Waals surface area contributed by atoms with Gasteiger partial charge in [-0.05, 0) is 31.0 Å². The second kappa shape index (κ2) is 6.75. The van der Waals surface area contributed by atoms with Gasteiger partial charge < -0.3 is 4.74 Å². The first-order chi connectivity index (χ1) is 9.97. The van der Waals surface area contributed by atoms with Crippen LogP contribution in [0, 0.1) is 17.2 Å². The number of sulfonamides is 1. The molecule has 0 bridgehead atoms. The Morgan fingerprint density at radius 3 is 2.95 bits per heavy atom. The van der Waals surface area contributed by atoms with Crippen molar-refractivity contribution in [3.05, 3.63) is 28.8 Å². The highest BCUT2D eigenvalue weighted by molar-refractivity contribution is 7.89. The highest BCUT2D eigenvalue weighted by Gasteiger charge is 2.28. The Morgan fingerprint density at radius 2 is 2.29 bits per heavy atom. The largest absolute Gasteiger partial charge is 0.378 e. The van der Waals surface area contributed by atoms with Crippen LogP contribution >= 0.6 is 11.6 Å². The van der Waals surface area contributed by atoms with Crippen molar-refractivity contribution in [2.24, 2.45) is 5.92 Å². The third kappa shape index (κ3) is 3.74. The van der Waals surface area contributed by atoms with Crippen molar-refractivity contribution in [3.8, 4) is 6.07 Å². The van der Waals surface area contributed by atoms with Crippen LogP contribution < -0.4 is 4.72 Å². The van der Waals surface area contributed by atoms with E-state index in [2.05, 4.69) is 4.72 Å². The SMILES string of the molecule is CCC1OCCC1CNS(=O)(=O)c1cc(C#N)ccc1Cl. The third-order valence-electron chi connectivity index (χ3n) is 3.63. The zero-order chi connectivity index (χ0) is 15.5. The van der Waals surface area contributed by atoms with E-state index >= 15 is 0 Å². The standard InChI is InChI=1S/C14H17ClN2O3S/c1-2-13-11(5-6-20-13)9-17-21(18,19)14-7-10(8-16)3-4-12(14)15/h3-4,7,11,13,17H,2,5-6,9H2,1H3. The molecule has 1 aliphatic heterocycles. The molecule has 114 valence electrons. The van der Waals surface area contributed by atoms with E-state index in [1.165, 1.54) is 18.2 Å². The molecule has 1 aromatic rings. The van der Waals surface area contributed by atoms with Crippen LogP contribution in [-0.2, 0) is 14.8 Å².